The standard InChI is InChI=1S/C20H20F2N2O3/c21-16-3-4-17(22)15(10-16)12-23-6-1-7-24(9-8-23)20(25)14-2-5-18-19(11-14)27-13-26-18/h2-5,10-11H,1,6-9,12-13H2. The highest BCUT2D eigenvalue weighted by Gasteiger charge is 2.23. The lowest BCUT2D eigenvalue weighted by atomic mass is 10.1. The molecule has 0 atom stereocenters. The van der Waals surface area contributed by atoms with Gasteiger partial charge in [0.05, 0.1) is 0 Å². The molecular formula is C20H20F2N2O3. The van der Waals surface area contributed by atoms with Gasteiger partial charge in [-0.2, -0.15) is 0 Å². The number of carbonyl (C=O) groups is 1. The van der Waals surface area contributed by atoms with Gasteiger partial charge >= 0.3 is 0 Å². The molecule has 2 heterocycles. The molecule has 2 aromatic carbocycles. The van der Waals surface area contributed by atoms with Crippen LogP contribution in [-0.4, -0.2) is 48.7 Å². The van der Waals surface area contributed by atoms with Crippen molar-refractivity contribution < 1.29 is 23.0 Å². The fourth-order valence-corrected chi connectivity index (χ4v) is 3.45. The summed E-state index contributed by atoms with van der Waals surface area (Å²) in [4.78, 5) is 16.7. The molecule has 1 fully saturated rings. The third-order valence-electron chi connectivity index (χ3n) is 4.90. The summed E-state index contributed by atoms with van der Waals surface area (Å²) in [6, 6.07) is 8.68. The Morgan fingerprint density at radius 1 is 0.963 bits per heavy atom. The van der Waals surface area contributed by atoms with E-state index >= 15 is 0 Å². The number of hydrogen-bond donors (Lipinski definition) is 0. The van der Waals surface area contributed by atoms with Crippen LogP contribution < -0.4 is 9.47 Å². The van der Waals surface area contributed by atoms with Gasteiger partial charge in [-0.15, -0.1) is 0 Å². The first-order valence-electron chi connectivity index (χ1n) is 8.95. The summed E-state index contributed by atoms with van der Waals surface area (Å²) in [6.45, 7) is 2.98. The van der Waals surface area contributed by atoms with Crippen LogP contribution in [0.25, 0.3) is 0 Å². The lowest BCUT2D eigenvalue weighted by Gasteiger charge is -2.22. The number of nitrogens with zero attached hydrogens (tertiary/aromatic N) is 2. The van der Waals surface area contributed by atoms with Gasteiger partial charge in [0.15, 0.2) is 11.5 Å². The van der Waals surface area contributed by atoms with Crippen LogP contribution in [0.15, 0.2) is 36.4 Å². The van der Waals surface area contributed by atoms with Crippen LogP contribution in [0.5, 0.6) is 11.5 Å². The molecule has 0 bridgehead atoms. The van der Waals surface area contributed by atoms with Crippen molar-refractivity contribution in [1.29, 1.82) is 0 Å². The van der Waals surface area contributed by atoms with Crippen molar-refractivity contribution >= 4 is 5.91 Å². The fraction of sp³-hybridized carbons (Fsp3) is 0.350. The number of carbonyl (C=O) groups excluding carboxylic acids is 1. The number of fused-ring (bicyclic) bond motifs is 1. The van der Waals surface area contributed by atoms with E-state index in [1.165, 1.54) is 6.07 Å². The summed E-state index contributed by atoms with van der Waals surface area (Å²) in [5.41, 5.74) is 0.898. The summed E-state index contributed by atoms with van der Waals surface area (Å²) >= 11 is 0. The molecule has 2 aliphatic rings. The van der Waals surface area contributed by atoms with Crippen molar-refractivity contribution in [2.45, 2.75) is 13.0 Å². The van der Waals surface area contributed by atoms with Crippen LogP contribution in [0, 0.1) is 11.6 Å². The predicted octanol–water partition coefficient (Wildman–Crippen LogP) is 3.04. The van der Waals surface area contributed by atoms with Gasteiger partial charge < -0.3 is 14.4 Å². The van der Waals surface area contributed by atoms with Crippen molar-refractivity contribution in [1.82, 2.24) is 9.80 Å². The van der Waals surface area contributed by atoms with Crippen LogP contribution in [0.2, 0.25) is 0 Å². The van der Waals surface area contributed by atoms with Gasteiger partial charge in [-0.3, -0.25) is 9.69 Å². The Bertz CT molecular complexity index is 859. The number of benzene rings is 2. The van der Waals surface area contributed by atoms with Crippen molar-refractivity contribution in [2.75, 3.05) is 33.0 Å². The maximum atomic E-state index is 13.9. The second kappa shape index (κ2) is 7.52. The maximum Gasteiger partial charge on any atom is 0.254 e. The summed E-state index contributed by atoms with van der Waals surface area (Å²) in [6.07, 6.45) is 0.771. The zero-order valence-electron chi connectivity index (χ0n) is 14.8. The number of hydrogen-bond acceptors (Lipinski definition) is 4. The molecule has 5 nitrogen and oxygen atoms in total. The third kappa shape index (κ3) is 3.88. The first-order chi connectivity index (χ1) is 13.1. The Morgan fingerprint density at radius 2 is 1.81 bits per heavy atom. The molecule has 27 heavy (non-hydrogen) atoms. The molecule has 0 aromatic heterocycles. The highest BCUT2D eigenvalue weighted by molar-refractivity contribution is 5.95. The Morgan fingerprint density at radius 3 is 2.70 bits per heavy atom. The second-order valence-corrected chi connectivity index (χ2v) is 6.73. The van der Waals surface area contributed by atoms with Crippen LogP contribution in [0.1, 0.15) is 22.3 Å². The minimum Gasteiger partial charge on any atom is -0.454 e. The first kappa shape index (κ1) is 17.7. The highest BCUT2D eigenvalue weighted by atomic mass is 19.1. The van der Waals surface area contributed by atoms with Crippen LogP contribution in [-0.2, 0) is 6.54 Å². The molecule has 0 radical (unpaired) electrons. The van der Waals surface area contributed by atoms with E-state index in [2.05, 4.69) is 0 Å². The molecule has 7 heteroatoms. The van der Waals surface area contributed by atoms with Crippen LogP contribution in [0.4, 0.5) is 8.78 Å². The lowest BCUT2D eigenvalue weighted by molar-refractivity contribution is 0.0760. The zero-order valence-corrected chi connectivity index (χ0v) is 14.8. The molecule has 0 spiro atoms. The van der Waals surface area contributed by atoms with Gasteiger partial charge in [-0.1, -0.05) is 0 Å². The summed E-state index contributed by atoms with van der Waals surface area (Å²) in [7, 11) is 0. The minimum atomic E-state index is -0.444. The highest BCUT2D eigenvalue weighted by Crippen LogP contribution is 2.32. The Kier molecular flexibility index (Phi) is 4.94. The fourth-order valence-electron chi connectivity index (χ4n) is 3.45. The number of ether oxygens (including phenoxy) is 2. The predicted molar refractivity (Wildman–Crippen MR) is 94.7 cm³/mol. The van der Waals surface area contributed by atoms with Crippen LogP contribution >= 0.6 is 0 Å². The second-order valence-electron chi connectivity index (χ2n) is 6.73. The van der Waals surface area contributed by atoms with Gasteiger partial charge in [0, 0.05) is 43.9 Å². The lowest BCUT2D eigenvalue weighted by Crippen LogP contribution is -2.35. The number of halogens is 2. The van der Waals surface area contributed by atoms with E-state index in [9.17, 15) is 13.6 Å². The number of amides is 1. The molecule has 0 aliphatic carbocycles. The molecule has 2 aromatic rings. The monoisotopic (exact) mass is 374 g/mol. The molecule has 1 saturated heterocycles. The molecule has 0 unspecified atom stereocenters. The Balaban J connectivity index is 1.41. The van der Waals surface area contributed by atoms with Gasteiger partial charge in [0.1, 0.15) is 11.6 Å². The summed E-state index contributed by atoms with van der Waals surface area (Å²) < 4.78 is 37.9. The van der Waals surface area contributed by atoms with Crippen molar-refractivity contribution in [2.24, 2.45) is 0 Å². The summed E-state index contributed by atoms with van der Waals surface area (Å²) in [5, 5.41) is 0. The van der Waals surface area contributed by atoms with Gasteiger partial charge in [0.25, 0.3) is 5.91 Å². The van der Waals surface area contributed by atoms with Gasteiger partial charge in [-0.25, -0.2) is 8.78 Å². The molecule has 142 valence electrons. The molecule has 0 N–H and O–H groups in total. The Labute approximate surface area is 156 Å². The molecule has 2 aliphatic heterocycles. The van der Waals surface area contributed by atoms with Crippen LogP contribution in [0.3, 0.4) is 0 Å². The quantitative estimate of drug-likeness (QED) is 0.828. The van der Waals surface area contributed by atoms with Gasteiger partial charge in [-0.05, 0) is 42.8 Å². The first-order valence-corrected chi connectivity index (χ1v) is 8.95. The third-order valence-corrected chi connectivity index (χ3v) is 4.90. The van der Waals surface area contributed by atoms with E-state index in [0.717, 1.165) is 25.1 Å². The van der Waals surface area contributed by atoms with E-state index in [-0.39, 0.29) is 12.7 Å². The average molecular weight is 374 g/mol. The normalized spacial score (nSPS) is 17.0. The topological polar surface area (TPSA) is 42.0 Å². The van der Waals surface area contributed by atoms with E-state index in [4.69, 9.17) is 9.47 Å². The van der Waals surface area contributed by atoms with Gasteiger partial charge in [0.2, 0.25) is 6.79 Å². The molecule has 4 rings (SSSR count). The number of rotatable bonds is 3. The van der Waals surface area contributed by atoms with E-state index in [1.807, 2.05) is 4.90 Å². The SMILES string of the molecule is O=C(c1ccc2c(c1)OCO2)N1CCCN(Cc2cc(F)ccc2F)CC1. The maximum absolute atomic E-state index is 13.9. The molecule has 0 saturated carbocycles. The van der Waals surface area contributed by atoms with E-state index in [0.29, 0.717) is 48.8 Å². The zero-order chi connectivity index (χ0) is 18.8. The Hall–Kier alpha value is -2.67. The largest absolute Gasteiger partial charge is 0.454 e. The molecular weight excluding hydrogens is 354 g/mol. The molecule has 1 amide bonds. The smallest absolute Gasteiger partial charge is 0.254 e. The van der Waals surface area contributed by atoms with E-state index in [1.54, 1.807) is 23.1 Å². The average Bonchev–Trinajstić information content (AvgIpc) is 3.02. The minimum absolute atomic E-state index is 0.0629. The van der Waals surface area contributed by atoms with Crippen molar-refractivity contribution in [3.8, 4) is 11.5 Å². The van der Waals surface area contributed by atoms with Crippen molar-refractivity contribution in [3.63, 3.8) is 0 Å². The van der Waals surface area contributed by atoms with E-state index < -0.39 is 11.6 Å². The summed E-state index contributed by atoms with van der Waals surface area (Å²) in [5.74, 6) is 0.312. The van der Waals surface area contributed by atoms with Crippen molar-refractivity contribution in [3.05, 3.63) is 59.2 Å².